The maximum Gasteiger partial charge on any atom is 0.0612 e. The van der Waals surface area contributed by atoms with Crippen molar-refractivity contribution in [2.24, 2.45) is 0 Å². The molecule has 1 atom stereocenters. The largest absolute Gasteiger partial charge is 0.394 e. The Hall–Kier alpha value is -0.0800. The number of hydrogen-bond donors (Lipinski definition) is 1. The van der Waals surface area contributed by atoms with E-state index < -0.39 is 0 Å². The average molecular weight is 187 g/mol. The lowest BCUT2D eigenvalue weighted by molar-refractivity contribution is 0.0394. The number of aliphatic hydroxyl groups excluding tert-OH is 1. The van der Waals surface area contributed by atoms with Gasteiger partial charge in [0.2, 0.25) is 0 Å². The Kier molecular flexibility index (Phi) is 6.35. The summed E-state index contributed by atoms with van der Waals surface area (Å²) in [6.07, 6.45) is 3.38. The topological polar surface area (TPSA) is 23.5 Å². The molecule has 0 spiro atoms. The molecule has 0 radical (unpaired) electrons. The zero-order chi connectivity index (χ0) is 10.3. The van der Waals surface area contributed by atoms with Crippen LogP contribution in [0.5, 0.6) is 0 Å². The highest BCUT2D eigenvalue weighted by atomic mass is 16.3. The summed E-state index contributed by atoms with van der Waals surface area (Å²) in [4.78, 5) is 2.39. The van der Waals surface area contributed by atoms with Gasteiger partial charge in [0.25, 0.3) is 0 Å². The number of likely N-dealkylation sites (N-methyl/N-ethyl adjacent to an activating group) is 1. The van der Waals surface area contributed by atoms with Crippen LogP contribution in [0.4, 0.5) is 0 Å². The van der Waals surface area contributed by atoms with Crippen LogP contribution >= 0.6 is 0 Å². The van der Waals surface area contributed by atoms with E-state index in [-0.39, 0.29) is 12.1 Å². The van der Waals surface area contributed by atoms with Gasteiger partial charge >= 0.3 is 0 Å². The van der Waals surface area contributed by atoms with Crippen LogP contribution in [0.3, 0.4) is 0 Å². The van der Waals surface area contributed by atoms with Crippen LogP contribution in [-0.2, 0) is 0 Å². The molecule has 2 heteroatoms. The normalized spacial score (nSPS) is 16.2. The van der Waals surface area contributed by atoms with Crippen LogP contribution in [0.1, 0.15) is 47.0 Å². The molecule has 1 unspecified atom stereocenters. The Bertz CT molecular complexity index is 127. The fraction of sp³-hybridized carbons (Fsp3) is 1.00. The van der Waals surface area contributed by atoms with Gasteiger partial charge in [0.05, 0.1) is 6.61 Å². The molecule has 0 heterocycles. The summed E-state index contributed by atoms with van der Waals surface area (Å²) in [6.45, 7) is 11.1. The predicted octanol–water partition coefficient (Wildman–Crippen LogP) is 2.27. The van der Waals surface area contributed by atoms with E-state index in [4.69, 9.17) is 0 Å². The summed E-state index contributed by atoms with van der Waals surface area (Å²) in [5, 5.41) is 9.40. The first-order chi connectivity index (χ1) is 6.14. The smallest absolute Gasteiger partial charge is 0.0612 e. The first-order valence-corrected chi connectivity index (χ1v) is 5.50. The van der Waals surface area contributed by atoms with Crippen LogP contribution in [-0.4, -0.2) is 35.2 Å². The number of hydrogen-bond acceptors (Lipinski definition) is 2. The third-order valence-electron chi connectivity index (χ3n) is 2.77. The molecule has 0 rings (SSSR count). The third kappa shape index (κ3) is 3.65. The van der Waals surface area contributed by atoms with Crippen LogP contribution in [0.2, 0.25) is 0 Å². The Morgan fingerprint density at radius 1 is 1.15 bits per heavy atom. The van der Waals surface area contributed by atoms with Gasteiger partial charge in [-0.2, -0.15) is 0 Å². The Balaban J connectivity index is 4.29. The van der Waals surface area contributed by atoms with Gasteiger partial charge in [-0.15, -0.1) is 0 Å². The summed E-state index contributed by atoms with van der Waals surface area (Å²) in [5.74, 6) is 0. The van der Waals surface area contributed by atoms with E-state index in [0.717, 1.165) is 32.4 Å². The van der Waals surface area contributed by atoms with Crippen molar-refractivity contribution in [1.29, 1.82) is 0 Å². The van der Waals surface area contributed by atoms with E-state index in [1.54, 1.807) is 0 Å². The monoisotopic (exact) mass is 187 g/mol. The second kappa shape index (κ2) is 6.39. The minimum atomic E-state index is -0.000486. The van der Waals surface area contributed by atoms with E-state index >= 15 is 0 Å². The lowest BCUT2D eigenvalue weighted by Crippen LogP contribution is -2.49. The molecule has 0 amide bonds. The minimum absolute atomic E-state index is 0.000486. The van der Waals surface area contributed by atoms with Crippen molar-refractivity contribution < 1.29 is 5.11 Å². The van der Waals surface area contributed by atoms with Crippen molar-refractivity contribution in [2.75, 3.05) is 19.7 Å². The van der Waals surface area contributed by atoms with Crippen molar-refractivity contribution in [1.82, 2.24) is 4.90 Å². The molecule has 0 aliphatic heterocycles. The van der Waals surface area contributed by atoms with Crippen LogP contribution < -0.4 is 0 Å². The number of aliphatic hydroxyl groups is 1. The van der Waals surface area contributed by atoms with Crippen LogP contribution in [0.15, 0.2) is 0 Å². The molecule has 1 N–H and O–H groups in total. The molecule has 0 aliphatic carbocycles. The second-order valence-electron chi connectivity index (χ2n) is 3.98. The van der Waals surface area contributed by atoms with Crippen molar-refractivity contribution in [3.63, 3.8) is 0 Å². The molecule has 0 aromatic rings. The fourth-order valence-corrected chi connectivity index (χ4v) is 1.96. The lowest BCUT2D eigenvalue weighted by atomic mass is 9.94. The molecule has 0 aliphatic rings. The maximum atomic E-state index is 9.40. The molecule has 0 saturated carbocycles. The molecular weight excluding hydrogens is 162 g/mol. The average Bonchev–Trinajstić information content (AvgIpc) is 2.14. The quantitative estimate of drug-likeness (QED) is 0.661. The molecule has 0 fully saturated rings. The van der Waals surface area contributed by atoms with Crippen molar-refractivity contribution >= 4 is 0 Å². The van der Waals surface area contributed by atoms with Crippen molar-refractivity contribution in [3.05, 3.63) is 0 Å². The van der Waals surface area contributed by atoms with E-state index in [1.807, 2.05) is 0 Å². The first-order valence-electron chi connectivity index (χ1n) is 5.50. The highest BCUT2D eigenvalue weighted by Gasteiger charge is 2.28. The molecule has 13 heavy (non-hydrogen) atoms. The molecular formula is C11H25NO. The zero-order valence-electron chi connectivity index (χ0n) is 9.64. The van der Waals surface area contributed by atoms with E-state index in [1.165, 1.54) is 0 Å². The summed E-state index contributed by atoms with van der Waals surface area (Å²) in [5.41, 5.74) is -0.000486. The fourth-order valence-electron chi connectivity index (χ4n) is 1.96. The van der Waals surface area contributed by atoms with Gasteiger partial charge in [0.15, 0.2) is 0 Å². The zero-order valence-corrected chi connectivity index (χ0v) is 9.64. The molecule has 0 bridgehead atoms. The highest BCUT2D eigenvalue weighted by Crippen LogP contribution is 2.20. The first kappa shape index (κ1) is 12.9. The molecule has 0 aromatic heterocycles. The van der Waals surface area contributed by atoms with Gasteiger partial charge in [-0.25, -0.2) is 0 Å². The summed E-state index contributed by atoms with van der Waals surface area (Å²) >= 11 is 0. The van der Waals surface area contributed by atoms with E-state index in [2.05, 4.69) is 32.6 Å². The van der Waals surface area contributed by atoms with Crippen LogP contribution in [0, 0.1) is 0 Å². The third-order valence-corrected chi connectivity index (χ3v) is 2.77. The highest BCUT2D eigenvalue weighted by molar-refractivity contribution is 4.84. The van der Waals surface area contributed by atoms with Gasteiger partial charge in [0, 0.05) is 5.54 Å². The Morgan fingerprint density at radius 3 is 2.08 bits per heavy atom. The maximum absolute atomic E-state index is 9.40. The summed E-state index contributed by atoms with van der Waals surface area (Å²) in [7, 11) is 0. The molecule has 80 valence electrons. The van der Waals surface area contributed by atoms with Gasteiger partial charge in [-0.1, -0.05) is 27.2 Å². The van der Waals surface area contributed by atoms with Crippen molar-refractivity contribution in [2.45, 2.75) is 52.5 Å². The van der Waals surface area contributed by atoms with Gasteiger partial charge in [-0.05, 0) is 32.9 Å². The molecule has 2 nitrogen and oxygen atoms in total. The Labute approximate surface area is 82.9 Å². The second-order valence-corrected chi connectivity index (χ2v) is 3.98. The SMILES string of the molecule is CCCN(CC)C(C)(CO)CCC. The van der Waals surface area contributed by atoms with Gasteiger partial charge in [0.1, 0.15) is 0 Å². The summed E-state index contributed by atoms with van der Waals surface area (Å²) < 4.78 is 0. The van der Waals surface area contributed by atoms with E-state index in [9.17, 15) is 5.11 Å². The Morgan fingerprint density at radius 2 is 1.77 bits per heavy atom. The number of rotatable bonds is 7. The van der Waals surface area contributed by atoms with E-state index in [0.29, 0.717) is 0 Å². The number of nitrogens with zero attached hydrogens (tertiary/aromatic N) is 1. The summed E-state index contributed by atoms with van der Waals surface area (Å²) in [6, 6.07) is 0. The van der Waals surface area contributed by atoms with Crippen LogP contribution in [0.25, 0.3) is 0 Å². The van der Waals surface area contributed by atoms with Gasteiger partial charge < -0.3 is 5.11 Å². The molecule has 0 saturated heterocycles. The standard InChI is InChI=1S/C11H25NO/c1-5-8-11(4,10-13)12(7-3)9-6-2/h13H,5-10H2,1-4H3. The van der Waals surface area contributed by atoms with Gasteiger partial charge in [-0.3, -0.25) is 4.90 Å². The predicted molar refractivity (Wildman–Crippen MR) is 57.9 cm³/mol. The van der Waals surface area contributed by atoms with Crippen molar-refractivity contribution in [3.8, 4) is 0 Å². The lowest BCUT2D eigenvalue weighted by Gasteiger charge is -2.39. The minimum Gasteiger partial charge on any atom is -0.394 e. The molecule has 0 aromatic carbocycles.